The van der Waals surface area contributed by atoms with Crippen LogP contribution in [0, 0.1) is 0 Å². The number of pyridine rings is 2. The van der Waals surface area contributed by atoms with Crippen molar-refractivity contribution in [3.05, 3.63) is 384 Å². The number of benzene rings is 15. The molecule has 0 unspecified atom stereocenters. The summed E-state index contributed by atoms with van der Waals surface area (Å²) in [6, 6.07) is 126. The first-order chi connectivity index (χ1) is 61.3. The lowest BCUT2D eigenvalue weighted by molar-refractivity contribution is 0.590. The van der Waals surface area contributed by atoms with Gasteiger partial charge in [0.15, 0.2) is 0 Å². The molecule has 130 heavy (non-hydrogen) atoms. The molecule has 0 spiro atoms. The molecule has 17 rings (SSSR count). The predicted molar refractivity (Wildman–Crippen MR) is 563 cm³/mol. The Kier molecular flexibility index (Phi) is 23.2. The van der Waals surface area contributed by atoms with Gasteiger partial charge in [-0.3, -0.25) is 9.97 Å². The Labute approximate surface area is 776 Å². The molecule has 2 aromatic heterocycles. The van der Waals surface area contributed by atoms with Crippen LogP contribution in [0.5, 0.6) is 0 Å². The lowest BCUT2D eigenvalue weighted by Crippen LogP contribution is -2.10. The van der Waals surface area contributed by atoms with Crippen molar-refractivity contribution in [2.75, 3.05) is 0 Å². The van der Waals surface area contributed by atoms with Crippen molar-refractivity contribution in [1.29, 1.82) is 0 Å². The van der Waals surface area contributed by atoms with Gasteiger partial charge in [0.2, 0.25) is 0 Å². The summed E-state index contributed by atoms with van der Waals surface area (Å²) < 4.78 is 0. The Hall–Kier alpha value is -12.9. The van der Waals surface area contributed by atoms with Crippen molar-refractivity contribution in [3.63, 3.8) is 0 Å². The highest BCUT2D eigenvalue weighted by Gasteiger charge is 2.26. The normalized spacial score (nSPS) is 12.6. The Morgan fingerprint density at radius 1 is 0.115 bits per heavy atom. The molecule has 15 aromatic carbocycles. The monoisotopic (exact) mass is 1690 g/mol. The molecule has 0 atom stereocenters. The van der Waals surface area contributed by atoms with Gasteiger partial charge in [0.05, 0.1) is 11.0 Å². The third-order valence-corrected chi connectivity index (χ3v) is 26.8. The van der Waals surface area contributed by atoms with Crippen LogP contribution in [-0.4, -0.2) is 9.97 Å². The fraction of sp³-hybridized carbons (Fsp3) is 0.250. The molecule has 0 fully saturated rings. The summed E-state index contributed by atoms with van der Waals surface area (Å²) in [6.45, 7) is 55.0. The van der Waals surface area contributed by atoms with E-state index in [0.717, 1.165) is 133 Å². The van der Waals surface area contributed by atoms with Gasteiger partial charge in [0, 0.05) is 34.3 Å². The third-order valence-electron chi connectivity index (χ3n) is 26.8. The van der Waals surface area contributed by atoms with Crippen LogP contribution in [-0.2, 0) is 43.3 Å². The lowest BCUT2D eigenvalue weighted by atomic mass is 9.84. The lowest BCUT2D eigenvalue weighted by Gasteiger charge is -2.21. The molecule has 0 radical (unpaired) electrons. The van der Waals surface area contributed by atoms with Crippen LogP contribution in [0.4, 0.5) is 0 Å². The second kappa shape index (κ2) is 33.9. The molecule has 0 bridgehead atoms. The molecule has 0 aliphatic heterocycles. The van der Waals surface area contributed by atoms with Crippen molar-refractivity contribution in [1.82, 2.24) is 9.97 Å². The Morgan fingerprint density at radius 3 is 0.338 bits per heavy atom. The summed E-state index contributed by atoms with van der Waals surface area (Å²) in [7, 11) is 0. The van der Waals surface area contributed by atoms with Gasteiger partial charge in [0.25, 0.3) is 0 Å². The SMILES string of the molecule is CC(C)(C)c1ccc(-c2cc(-c3ccc(C(C)(C)C)cc3)cc(-c3cc(-c4cc(-c5ccc(C(C)(C)C)cc5)cc(-c5ccc(C(C)(C)C)cc5)c4)cc(-c4cnc5c(ccc6cc(-c7cc(-c8cc(-c9ccc(C(C)(C)C)cc9)cc(-c9ccc(C(C)(C)C)cc9)c8)cc(-c8cc(-c9ccc(C(C)(C)C)cc9)cc(-c9ccc(C(C)(C)C)cc9)c8)c7)cnc65)c4)c3)c2)cc1. The van der Waals surface area contributed by atoms with Crippen LogP contribution in [0.1, 0.15) is 211 Å². The molecule has 650 valence electrons. The minimum atomic E-state index is 0.00886. The van der Waals surface area contributed by atoms with E-state index in [0.29, 0.717) is 0 Å². The molecular weight excluding hydrogens is 1570 g/mol. The van der Waals surface area contributed by atoms with Crippen LogP contribution in [0.25, 0.3) is 178 Å². The summed E-state index contributed by atoms with van der Waals surface area (Å²) >= 11 is 0. The fourth-order valence-corrected chi connectivity index (χ4v) is 18.2. The molecule has 17 aromatic rings. The largest absolute Gasteiger partial charge is 0.253 e. The van der Waals surface area contributed by atoms with Crippen LogP contribution >= 0.6 is 0 Å². The maximum absolute atomic E-state index is 5.55. The van der Waals surface area contributed by atoms with Gasteiger partial charge in [-0.1, -0.05) is 372 Å². The molecule has 2 heteroatoms. The number of nitrogens with zero attached hydrogens (tertiary/aromatic N) is 2. The summed E-state index contributed by atoms with van der Waals surface area (Å²) in [5.41, 5.74) is 44.1. The number of fused-ring (bicyclic) bond motifs is 3. The van der Waals surface area contributed by atoms with Crippen LogP contribution < -0.4 is 0 Å². The molecule has 2 nitrogen and oxygen atoms in total. The Bertz CT molecular complexity index is 5980. The van der Waals surface area contributed by atoms with E-state index in [9.17, 15) is 0 Å². The van der Waals surface area contributed by atoms with Gasteiger partial charge in [0.1, 0.15) is 0 Å². The van der Waals surface area contributed by atoms with E-state index in [1.165, 1.54) is 89.0 Å². The molecule has 2 heterocycles. The molecule has 0 amide bonds. The first-order valence-electron chi connectivity index (χ1n) is 46.8. The standard InChI is InChI=1S/C128H128N2/c1-121(2,3)111-43-27-81(28-44-111)91-61-92(82-29-45-112(46-30-82)122(4,5)6)66-99(65-91)103-73-104(100-67-93(83-31-47-113(48-32-83)123(7,8)9)62-94(68-100)84-33-49-114(50-34-84)124(10,11)12)76-107(75-103)109-59-89-25-26-90-60-110(80-130-120(90)119(89)129-79-109)108-77-105(101-69-95(85-35-51-115(52-36-85)125(13,14)15)63-96(70-101)86-37-53-116(54-38-86)126(16,17)18)74-106(78-108)102-71-97(87-39-55-117(56-40-87)127(19,20)21)64-98(72-102)88-41-57-118(58-42-88)128(22,23)24/h25-80H,1-24H3. The van der Waals surface area contributed by atoms with Gasteiger partial charge >= 0.3 is 0 Å². The summed E-state index contributed by atoms with van der Waals surface area (Å²) in [6.07, 6.45) is 4.17. The zero-order valence-electron chi connectivity index (χ0n) is 81.2. The smallest absolute Gasteiger partial charge is 0.0965 e. The first-order valence-corrected chi connectivity index (χ1v) is 46.8. The highest BCUT2D eigenvalue weighted by molar-refractivity contribution is 6.05. The summed E-state index contributed by atoms with van der Waals surface area (Å²) in [5.74, 6) is 0. The number of aromatic nitrogens is 2. The number of hydrogen-bond acceptors (Lipinski definition) is 2. The van der Waals surface area contributed by atoms with Crippen molar-refractivity contribution in [2.45, 2.75) is 209 Å². The highest BCUT2D eigenvalue weighted by Crippen LogP contribution is 2.47. The average molecular weight is 1690 g/mol. The zero-order valence-corrected chi connectivity index (χ0v) is 81.2. The van der Waals surface area contributed by atoms with Crippen LogP contribution in [0.2, 0.25) is 0 Å². The second-order valence-electron chi connectivity index (χ2n) is 45.1. The summed E-state index contributed by atoms with van der Waals surface area (Å²) in [4.78, 5) is 11.1. The predicted octanol–water partition coefficient (Wildman–Crippen LogP) is 36.5. The average Bonchev–Trinajstić information content (AvgIpc) is 0.761. The van der Waals surface area contributed by atoms with E-state index in [4.69, 9.17) is 9.97 Å². The maximum Gasteiger partial charge on any atom is 0.0965 e. The minimum Gasteiger partial charge on any atom is -0.253 e. The van der Waals surface area contributed by atoms with Gasteiger partial charge < -0.3 is 0 Å². The molecule has 0 saturated heterocycles. The van der Waals surface area contributed by atoms with E-state index in [1.807, 2.05) is 0 Å². The number of hydrogen-bond donors (Lipinski definition) is 0. The molecule has 0 saturated carbocycles. The minimum absolute atomic E-state index is 0.00886. The van der Waals surface area contributed by atoms with E-state index >= 15 is 0 Å². The van der Waals surface area contributed by atoms with Crippen molar-refractivity contribution in [3.8, 4) is 156 Å². The quantitative estimate of drug-likeness (QED) is 0.101. The van der Waals surface area contributed by atoms with Gasteiger partial charge in [-0.25, -0.2) is 0 Å². The molecular formula is C128H128N2. The highest BCUT2D eigenvalue weighted by atomic mass is 14.7. The van der Waals surface area contributed by atoms with E-state index < -0.39 is 0 Å². The van der Waals surface area contributed by atoms with Crippen molar-refractivity contribution >= 4 is 21.8 Å². The van der Waals surface area contributed by atoms with Crippen molar-refractivity contribution in [2.24, 2.45) is 0 Å². The van der Waals surface area contributed by atoms with Gasteiger partial charge in [-0.15, -0.1) is 0 Å². The maximum atomic E-state index is 5.55. The van der Waals surface area contributed by atoms with Gasteiger partial charge in [-0.05, 0) is 354 Å². The topological polar surface area (TPSA) is 25.8 Å². The van der Waals surface area contributed by atoms with E-state index in [1.54, 1.807) is 0 Å². The molecule has 0 aliphatic carbocycles. The first kappa shape index (κ1) is 89.1. The van der Waals surface area contributed by atoms with Crippen LogP contribution in [0.15, 0.2) is 340 Å². The van der Waals surface area contributed by atoms with E-state index in [2.05, 4.69) is 506 Å². The van der Waals surface area contributed by atoms with Gasteiger partial charge in [-0.2, -0.15) is 0 Å². The molecule has 0 aliphatic rings. The molecule has 0 N–H and O–H groups in total. The number of rotatable bonds is 14. The third kappa shape index (κ3) is 19.4. The van der Waals surface area contributed by atoms with Crippen LogP contribution in [0.3, 0.4) is 0 Å². The summed E-state index contributed by atoms with van der Waals surface area (Å²) in [5, 5.41) is 2.02. The fourth-order valence-electron chi connectivity index (χ4n) is 18.2. The zero-order chi connectivity index (χ0) is 92.1. The Balaban J connectivity index is 0.843. The second-order valence-corrected chi connectivity index (χ2v) is 45.1. The van der Waals surface area contributed by atoms with E-state index in [-0.39, 0.29) is 43.3 Å². The Morgan fingerprint density at radius 2 is 0.223 bits per heavy atom. The van der Waals surface area contributed by atoms with Crippen molar-refractivity contribution < 1.29 is 0 Å².